The molecular formula is C20H13ClN2O4. The number of imide groups is 2. The molecular weight excluding hydrogens is 368 g/mol. The van der Waals surface area contributed by atoms with Crippen LogP contribution in [0.1, 0.15) is 5.56 Å². The van der Waals surface area contributed by atoms with Gasteiger partial charge in [0.1, 0.15) is 17.9 Å². The molecule has 1 N–H and O–H groups in total. The minimum Gasteiger partial charge on any atom is -0.480 e. The molecule has 0 radical (unpaired) electrons. The fourth-order valence-corrected chi connectivity index (χ4v) is 2.74. The number of terminal acetylenes is 1. The van der Waals surface area contributed by atoms with Crippen molar-refractivity contribution in [2.75, 3.05) is 11.5 Å². The Morgan fingerprint density at radius 2 is 1.81 bits per heavy atom. The van der Waals surface area contributed by atoms with Crippen LogP contribution in [0.25, 0.3) is 6.08 Å². The molecule has 0 aliphatic carbocycles. The largest absolute Gasteiger partial charge is 0.480 e. The summed E-state index contributed by atoms with van der Waals surface area (Å²) in [7, 11) is 0. The molecule has 0 aromatic heterocycles. The molecule has 27 heavy (non-hydrogen) atoms. The second kappa shape index (κ2) is 7.77. The fraction of sp³-hybridized carbons (Fsp3) is 0.0500. The molecule has 0 bridgehead atoms. The first kappa shape index (κ1) is 18.2. The molecule has 0 spiro atoms. The van der Waals surface area contributed by atoms with Gasteiger partial charge >= 0.3 is 6.03 Å². The lowest BCUT2D eigenvalue weighted by Crippen LogP contribution is -2.54. The predicted octanol–water partition coefficient (Wildman–Crippen LogP) is 3.02. The number of benzene rings is 2. The Balaban J connectivity index is 2.03. The maximum absolute atomic E-state index is 12.9. The predicted molar refractivity (Wildman–Crippen MR) is 101 cm³/mol. The van der Waals surface area contributed by atoms with Crippen LogP contribution in [0.3, 0.4) is 0 Å². The number of nitrogens with zero attached hydrogens (tertiary/aromatic N) is 1. The Kier molecular flexibility index (Phi) is 5.25. The van der Waals surface area contributed by atoms with E-state index in [0.717, 1.165) is 4.90 Å². The minimum atomic E-state index is -0.868. The Labute approximate surface area is 160 Å². The van der Waals surface area contributed by atoms with Gasteiger partial charge in [0.2, 0.25) is 0 Å². The Bertz CT molecular complexity index is 1010. The average molecular weight is 381 g/mol. The van der Waals surface area contributed by atoms with Crippen molar-refractivity contribution < 1.29 is 19.1 Å². The Morgan fingerprint density at radius 3 is 2.56 bits per heavy atom. The van der Waals surface area contributed by atoms with Gasteiger partial charge in [-0.1, -0.05) is 47.9 Å². The van der Waals surface area contributed by atoms with Crippen LogP contribution in [0, 0.1) is 12.3 Å². The molecule has 0 saturated carbocycles. The summed E-state index contributed by atoms with van der Waals surface area (Å²) in [6.07, 6.45) is 6.55. The maximum Gasteiger partial charge on any atom is 0.335 e. The number of para-hydroxylation sites is 2. The maximum atomic E-state index is 12.9. The number of hydrogen-bond acceptors (Lipinski definition) is 4. The number of nitrogens with one attached hydrogen (secondary N) is 1. The number of barbiturate groups is 1. The molecule has 0 unspecified atom stereocenters. The quantitative estimate of drug-likeness (QED) is 0.502. The van der Waals surface area contributed by atoms with Gasteiger partial charge in [-0.05, 0) is 24.3 Å². The first-order valence-electron chi connectivity index (χ1n) is 7.84. The molecule has 1 aliphatic heterocycles. The highest BCUT2D eigenvalue weighted by Crippen LogP contribution is 2.29. The van der Waals surface area contributed by atoms with E-state index in [-0.39, 0.29) is 22.9 Å². The van der Waals surface area contributed by atoms with Gasteiger partial charge in [-0.25, -0.2) is 9.69 Å². The molecule has 4 amide bonds. The molecule has 2 aromatic rings. The van der Waals surface area contributed by atoms with Crippen molar-refractivity contribution in [3.63, 3.8) is 0 Å². The lowest BCUT2D eigenvalue weighted by molar-refractivity contribution is -0.122. The van der Waals surface area contributed by atoms with Crippen molar-refractivity contribution in [1.82, 2.24) is 5.32 Å². The normalized spacial score (nSPS) is 15.5. The molecule has 2 aromatic carbocycles. The van der Waals surface area contributed by atoms with E-state index in [4.69, 9.17) is 22.8 Å². The zero-order valence-corrected chi connectivity index (χ0v) is 14.7. The molecule has 0 atom stereocenters. The summed E-state index contributed by atoms with van der Waals surface area (Å²) >= 11 is 6.10. The number of urea groups is 1. The number of rotatable bonds is 4. The van der Waals surface area contributed by atoms with E-state index in [0.29, 0.717) is 11.3 Å². The van der Waals surface area contributed by atoms with E-state index in [1.54, 1.807) is 42.5 Å². The zero-order valence-electron chi connectivity index (χ0n) is 13.9. The van der Waals surface area contributed by atoms with E-state index >= 15 is 0 Å². The summed E-state index contributed by atoms with van der Waals surface area (Å²) in [5.74, 6) is 1.16. The molecule has 3 rings (SSSR count). The van der Waals surface area contributed by atoms with Gasteiger partial charge in [0.05, 0.1) is 10.7 Å². The molecule has 1 aliphatic rings. The smallest absolute Gasteiger partial charge is 0.335 e. The van der Waals surface area contributed by atoms with Crippen LogP contribution in [-0.4, -0.2) is 24.5 Å². The minimum absolute atomic E-state index is 0.0323. The van der Waals surface area contributed by atoms with Crippen molar-refractivity contribution in [1.29, 1.82) is 0 Å². The SMILES string of the molecule is C#CCOc1ccccc1/C=C1\C(=O)NC(=O)N(c2ccccc2Cl)C1=O. The summed E-state index contributed by atoms with van der Waals surface area (Å²) < 4.78 is 5.42. The van der Waals surface area contributed by atoms with Crippen LogP contribution in [-0.2, 0) is 9.59 Å². The first-order chi connectivity index (χ1) is 13.0. The zero-order chi connectivity index (χ0) is 19.4. The Morgan fingerprint density at radius 1 is 1.11 bits per heavy atom. The number of carbonyl (C=O) groups excluding carboxylic acids is 3. The highest BCUT2D eigenvalue weighted by molar-refractivity contribution is 6.42. The van der Waals surface area contributed by atoms with E-state index in [1.807, 2.05) is 0 Å². The van der Waals surface area contributed by atoms with Crippen molar-refractivity contribution in [2.45, 2.75) is 0 Å². The van der Waals surface area contributed by atoms with E-state index in [1.165, 1.54) is 12.1 Å². The first-order valence-corrected chi connectivity index (χ1v) is 8.22. The second-order valence-electron chi connectivity index (χ2n) is 5.44. The van der Waals surface area contributed by atoms with Gasteiger partial charge in [0, 0.05) is 5.56 Å². The van der Waals surface area contributed by atoms with Gasteiger partial charge in [0.25, 0.3) is 11.8 Å². The van der Waals surface area contributed by atoms with Crippen molar-refractivity contribution in [2.24, 2.45) is 0 Å². The summed E-state index contributed by atoms with van der Waals surface area (Å²) in [4.78, 5) is 38.2. The molecule has 7 heteroatoms. The summed E-state index contributed by atoms with van der Waals surface area (Å²) in [6.45, 7) is 0.0323. The molecule has 6 nitrogen and oxygen atoms in total. The number of anilines is 1. The molecule has 1 saturated heterocycles. The lowest BCUT2D eigenvalue weighted by Gasteiger charge is -2.27. The number of halogens is 1. The third kappa shape index (κ3) is 3.68. The van der Waals surface area contributed by atoms with Gasteiger partial charge in [-0.2, -0.15) is 0 Å². The van der Waals surface area contributed by atoms with Crippen LogP contribution in [0.15, 0.2) is 54.1 Å². The third-order valence-corrected chi connectivity index (χ3v) is 4.04. The fourth-order valence-electron chi connectivity index (χ4n) is 2.52. The van der Waals surface area contributed by atoms with Gasteiger partial charge in [-0.15, -0.1) is 6.42 Å². The molecule has 1 fully saturated rings. The number of carbonyl (C=O) groups is 3. The second-order valence-corrected chi connectivity index (χ2v) is 5.85. The van der Waals surface area contributed by atoms with Crippen molar-refractivity contribution in [3.8, 4) is 18.1 Å². The number of hydrogen-bond donors (Lipinski definition) is 1. The van der Waals surface area contributed by atoms with Crippen molar-refractivity contribution >= 4 is 41.2 Å². The highest BCUT2D eigenvalue weighted by atomic mass is 35.5. The van der Waals surface area contributed by atoms with Gasteiger partial charge in [0.15, 0.2) is 0 Å². The van der Waals surface area contributed by atoms with Gasteiger partial charge < -0.3 is 4.74 Å². The van der Waals surface area contributed by atoms with Crippen molar-refractivity contribution in [3.05, 3.63) is 64.7 Å². The van der Waals surface area contributed by atoms with E-state index in [9.17, 15) is 14.4 Å². The van der Waals surface area contributed by atoms with Crippen LogP contribution in [0.2, 0.25) is 5.02 Å². The summed E-state index contributed by atoms with van der Waals surface area (Å²) in [6, 6.07) is 12.3. The average Bonchev–Trinajstić information content (AvgIpc) is 2.65. The number of amides is 4. The van der Waals surface area contributed by atoms with Crippen LogP contribution in [0.5, 0.6) is 5.75 Å². The lowest BCUT2D eigenvalue weighted by atomic mass is 10.1. The summed E-state index contributed by atoms with van der Waals surface area (Å²) in [5.41, 5.74) is 0.419. The standard InChI is InChI=1S/C20H13ClN2O4/c1-2-11-27-17-10-6-3-7-13(17)12-14-18(24)22-20(26)23(19(14)25)16-9-5-4-8-15(16)21/h1,3-10,12H,11H2,(H,22,24,26)/b14-12+. The third-order valence-electron chi connectivity index (χ3n) is 3.72. The van der Waals surface area contributed by atoms with Gasteiger partial charge in [-0.3, -0.25) is 14.9 Å². The Hall–Kier alpha value is -3.56. The molecule has 1 heterocycles. The molecule has 134 valence electrons. The number of ether oxygens (including phenoxy) is 1. The van der Waals surface area contributed by atoms with Crippen LogP contribution in [0.4, 0.5) is 10.5 Å². The summed E-state index contributed by atoms with van der Waals surface area (Å²) in [5, 5.41) is 2.35. The monoisotopic (exact) mass is 380 g/mol. The van der Waals surface area contributed by atoms with E-state index < -0.39 is 17.8 Å². The van der Waals surface area contributed by atoms with Crippen LogP contribution >= 0.6 is 11.6 Å². The topological polar surface area (TPSA) is 75.7 Å². The van der Waals surface area contributed by atoms with E-state index in [2.05, 4.69) is 11.2 Å². The highest BCUT2D eigenvalue weighted by Gasteiger charge is 2.37. The van der Waals surface area contributed by atoms with Crippen LogP contribution < -0.4 is 15.0 Å².